The smallest absolute Gasteiger partial charge is 0.339 e. The zero-order chi connectivity index (χ0) is 17.6. The van der Waals surface area contributed by atoms with Crippen molar-refractivity contribution >= 4 is 11.9 Å². The molecular weight excluding hydrogens is 310 g/mol. The van der Waals surface area contributed by atoms with Gasteiger partial charge in [0.05, 0.1) is 0 Å². The standard InChI is InChI=1S/C18H27NO5/c1-3-14-13(17(21)22)11-15(24-14)16(20)19-12-18(9-10-23-2)7-5-4-6-8-18/h11H,3-10,12H2,1-2H3,(H,19,20)(H,21,22). The summed E-state index contributed by atoms with van der Waals surface area (Å²) in [5.74, 6) is -1.01. The van der Waals surface area contributed by atoms with Gasteiger partial charge in [0, 0.05) is 32.7 Å². The molecule has 2 rings (SSSR count). The summed E-state index contributed by atoms with van der Waals surface area (Å²) in [6.07, 6.45) is 7.09. The van der Waals surface area contributed by atoms with Crippen molar-refractivity contribution < 1.29 is 23.8 Å². The number of carbonyl (C=O) groups is 2. The lowest BCUT2D eigenvalue weighted by molar-refractivity contribution is 0.0694. The molecule has 0 radical (unpaired) electrons. The number of aryl methyl sites for hydroxylation is 1. The molecule has 0 aromatic carbocycles. The summed E-state index contributed by atoms with van der Waals surface area (Å²) >= 11 is 0. The van der Waals surface area contributed by atoms with E-state index in [0.29, 0.717) is 25.3 Å². The average Bonchev–Trinajstić information content (AvgIpc) is 3.04. The predicted molar refractivity (Wildman–Crippen MR) is 89.4 cm³/mol. The zero-order valence-corrected chi connectivity index (χ0v) is 14.5. The monoisotopic (exact) mass is 337 g/mol. The molecule has 1 fully saturated rings. The number of hydrogen-bond donors (Lipinski definition) is 2. The number of rotatable bonds is 8. The number of carboxylic acids is 1. The number of methoxy groups -OCH3 is 1. The van der Waals surface area contributed by atoms with E-state index in [1.165, 1.54) is 25.3 Å². The van der Waals surface area contributed by atoms with Gasteiger partial charge in [0.25, 0.3) is 5.91 Å². The number of carbonyl (C=O) groups excluding carboxylic acids is 1. The van der Waals surface area contributed by atoms with Crippen molar-refractivity contribution in [1.29, 1.82) is 0 Å². The van der Waals surface area contributed by atoms with E-state index >= 15 is 0 Å². The van der Waals surface area contributed by atoms with E-state index in [1.807, 2.05) is 0 Å². The molecule has 1 aromatic rings. The maximum atomic E-state index is 12.4. The first-order chi connectivity index (χ1) is 11.5. The fourth-order valence-corrected chi connectivity index (χ4v) is 3.47. The molecule has 0 saturated heterocycles. The van der Waals surface area contributed by atoms with Gasteiger partial charge in [0.15, 0.2) is 5.76 Å². The first-order valence-corrected chi connectivity index (χ1v) is 8.64. The van der Waals surface area contributed by atoms with Crippen molar-refractivity contribution in [1.82, 2.24) is 5.32 Å². The summed E-state index contributed by atoms with van der Waals surface area (Å²) in [4.78, 5) is 23.6. The lowest BCUT2D eigenvalue weighted by atomic mass is 9.72. The quantitative estimate of drug-likeness (QED) is 0.760. The van der Waals surface area contributed by atoms with E-state index < -0.39 is 5.97 Å². The summed E-state index contributed by atoms with van der Waals surface area (Å²) < 4.78 is 10.6. The van der Waals surface area contributed by atoms with Crippen molar-refractivity contribution in [2.75, 3.05) is 20.3 Å². The SMILES string of the molecule is CCc1oc(C(=O)NCC2(CCOC)CCCCC2)cc1C(=O)O. The van der Waals surface area contributed by atoms with Gasteiger partial charge in [-0.25, -0.2) is 4.79 Å². The largest absolute Gasteiger partial charge is 0.478 e. The fraction of sp³-hybridized carbons (Fsp3) is 0.667. The maximum absolute atomic E-state index is 12.4. The van der Waals surface area contributed by atoms with E-state index in [9.17, 15) is 9.59 Å². The normalized spacial score (nSPS) is 16.8. The van der Waals surface area contributed by atoms with Crippen LogP contribution in [0.5, 0.6) is 0 Å². The first-order valence-electron chi connectivity index (χ1n) is 8.64. The minimum Gasteiger partial charge on any atom is -0.478 e. The third kappa shape index (κ3) is 4.38. The Labute approximate surface area is 142 Å². The molecule has 0 atom stereocenters. The van der Waals surface area contributed by atoms with Crippen LogP contribution >= 0.6 is 0 Å². The molecule has 134 valence electrons. The van der Waals surface area contributed by atoms with E-state index in [4.69, 9.17) is 14.3 Å². The number of hydrogen-bond acceptors (Lipinski definition) is 4. The second-order valence-electron chi connectivity index (χ2n) is 6.59. The second kappa shape index (κ2) is 8.33. The van der Waals surface area contributed by atoms with Gasteiger partial charge >= 0.3 is 5.97 Å². The Balaban J connectivity index is 2.04. The summed E-state index contributed by atoms with van der Waals surface area (Å²) in [5, 5.41) is 12.1. The highest BCUT2D eigenvalue weighted by atomic mass is 16.5. The van der Waals surface area contributed by atoms with Crippen LogP contribution in [0, 0.1) is 5.41 Å². The summed E-state index contributed by atoms with van der Waals surface area (Å²) in [5.41, 5.74) is 0.133. The Kier molecular flexibility index (Phi) is 6.43. The Hall–Kier alpha value is -1.82. The van der Waals surface area contributed by atoms with Crippen molar-refractivity contribution in [3.05, 3.63) is 23.2 Å². The topological polar surface area (TPSA) is 88.8 Å². The van der Waals surface area contributed by atoms with Gasteiger partial charge < -0.3 is 19.6 Å². The van der Waals surface area contributed by atoms with Gasteiger partial charge in [-0.2, -0.15) is 0 Å². The molecule has 0 unspecified atom stereocenters. The highest BCUT2D eigenvalue weighted by Gasteiger charge is 2.32. The van der Waals surface area contributed by atoms with Crippen LogP contribution < -0.4 is 5.32 Å². The molecule has 0 aliphatic heterocycles. The third-order valence-electron chi connectivity index (χ3n) is 4.96. The van der Waals surface area contributed by atoms with Gasteiger partial charge in [-0.1, -0.05) is 26.2 Å². The minimum absolute atomic E-state index is 0.0643. The van der Waals surface area contributed by atoms with Gasteiger partial charge in [-0.15, -0.1) is 0 Å². The summed E-state index contributed by atoms with van der Waals surface area (Å²) in [7, 11) is 1.69. The summed E-state index contributed by atoms with van der Waals surface area (Å²) in [6.45, 7) is 3.05. The molecule has 0 bridgehead atoms. The zero-order valence-electron chi connectivity index (χ0n) is 14.5. The molecule has 2 N–H and O–H groups in total. The lowest BCUT2D eigenvalue weighted by Gasteiger charge is -2.37. The van der Waals surface area contributed by atoms with Crippen LogP contribution in [0.15, 0.2) is 10.5 Å². The minimum atomic E-state index is -1.07. The molecule has 0 spiro atoms. The molecule has 6 nitrogen and oxygen atoms in total. The number of ether oxygens (including phenoxy) is 1. The third-order valence-corrected chi connectivity index (χ3v) is 4.96. The Morgan fingerprint density at radius 3 is 2.58 bits per heavy atom. The van der Waals surface area contributed by atoms with Crippen LogP contribution in [0.3, 0.4) is 0 Å². The van der Waals surface area contributed by atoms with Crippen molar-refractivity contribution in [2.45, 2.75) is 51.9 Å². The molecule has 6 heteroatoms. The van der Waals surface area contributed by atoms with Crippen LogP contribution in [0.2, 0.25) is 0 Å². The average molecular weight is 337 g/mol. The molecule has 1 heterocycles. The van der Waals surface area contributed by atoms with Gasteiger partial charge in [-0.05, 0) is 24.7 Å². The first kappa shape index (κ1) is 18.5. The maximum Gasteiger partial charge on any atom is 0.339 e. The van der Waals surface area contributed by atoms with Crippen LogP contribution in [-0.2, 0) is 11.2 Å². The van der Waals surface area contributed by atoms with E-state index in [1.54, 1.807) is 14.0 Å². The van der Waals surface area contributed by atoms with Crippen molar-refractivity contribution in [3.63, 3.8) is 0 Å². The number of nitrogens with one attached hydrogen (secondary N) is 1. The molecule has 1 amide bonds. The van der Waals surface area contributed by atoms with Crippen LogP contribution in [0.4, 0.5) is 0 Å². The highest BCUT2D eigenvalue weighted by Crippen LogP contribution is 2.38. The van der Waals surface area contributed by atoms with Gasteiger partial charge in [-0.3, -0.25) is 4.79 Å². The van der Waals surface area contributed by atoms with Crippen LogP contribution in [0.1, 0.15) is 72.1 Å². The molecule has 1 aliphatic carbocycles. The number of amides is 1. The van der Waals surface area contributed by atoms with Crippen molar-refractivity contribution in [2.24, 2.45) is 5.41 Å². The Morgan fingerprint density at radius 1 is 1.33 bits per heavy atom. The van der Waals surface area contributed by atoms with E-state index in [2.05, 4.69) is 5.32 Å². The molecule has 1 aromatic heterocycles. The second-order valence-corrected chi connectivity index (χ2v) is 6.59. The predicted octanol–water partition coefficient (Wildman–Crippen LogP) is 3.26. The summed E-state index contributed by atoms with van der Waals surface area (Å²) in [6, 6.07) is 1.32. The number of aromatic carboxylic acids is 1. The van der Waals surface area contributed by atoms with E-state index in [-0.39, 0.29) is 22.6 Å². The number of furan rings is 1. The molecule has 1 aliphatic rings. The number of carboxylic acid groups (broad SMARTS) is 1. The Morgan fingerprint density at radius 2 is 2.04 bits per heavy atom. The lowest BCUT2D eigenvalue weighted by Crippen LogP contribution is -2.39. The van der Waals surface area contributed by atoms with Gasteiger partial charge in [0.1, 0.15) is 11.3 Å². The van der Waals surface area contributed by atoms with Crippen molar-refractivity contribution in [3.8, 4) is 0 Å². The Bertz CT molecular complexity index is 572. The van der Waals surface area contributed by atoms with Crippen LogP contribution in [-0.4, -0.2) is 37.2 Å². The molecule has 24 heavy (non-hydrogen) atoms. The van der Waals surface area contributed by atoms with E-state index in [0.717, 1.165) is 19.3 Å². The van der Waals surface area contributed by atoms with Crippen LogP contribution in [0.25, 0.3) is 0 Å². The highest BCUT2D eigenvalue weighted by molar-refractivity contribution is 5.96. The van der Waals surface area contributed by atoms with Gasteiger partial charge in [0.2, 0.25) is 0 Å². The fourth-order valence-electron chi connectivity index (χ4n) is 3.47. The molecule has 1 saturated carbocycles. The molecular formula is C18H27NO5.